The summed E-state index contributed by atoms with van der Waals surface area (Å²) in [6, 6.07) is 8.52. The van der Waals surface area contributed by atoms with Crippen LogP contribution >= 0.6 is 11.3 Å². The highest BCUT2D eigenvalue weighted by Gasteiger charge is 2.09. The van der Waals surface area contributed by atoms with E-state index in [9.17, 15) is 0 Å². The molecule has 4 heteroatoms. The number of nitrogens with two attached hydrogens (primary N) is 1. The first-order chi connectivity index (χ1) is 9.52. The number of rotatable bonds is 2. The molecule has 3 rings (SSSR count). The third-order valence-electron chi connectivity index (χ3n) is 3.53. The quantitative estimate of drug-likeness (QED) is 0.778. The van der Waals surface area contributed by atoms with Crippen LogP contribution in [0.25, 0.3) is 10.2 Å². The highest BCUT2D eigenvalue weighted by atomic mass is 32.1. The molecule has 0 aliphatic carbocycles. The van der Waals surface area contributed by atoms with Crippen LogP contribution in [0.2, 0.25) is 0 Å². The van der Waals surface area contributed by atoms with Gasteiger partial charge in [-0.15, -0.1) is 11.3 Å². The van der Waals surface area contributed by atoms with Crippen molar-refractivity contribution in [2.45, 2.75) is 27.2 Å². The first-order valence-corrected chi connectivity index (χ1v) is 7.43. The Kier molecular flexibility index (Phi) is 3.18. The molecule has 0 radical (unpaired) electrons. The first kappa shape index (κ1) is 13.1. The zero-order valence-corrected chi connectivity index (χ0v) is 12.7. The lowest BCUT2D eigenvalue weighted by molar-refractivity contribution is 0.998. The van der Waals surface area contributed by atoms with Gasteiger partial charge in [0.25, 0.3) is 0 Å². The summed E-state index contributed by atoms with van der Waals surface area (Å²) in [5, 5.41) is 0.969. The highest BCUT2D eigenvalue weighted by molar-refractivity contribution is 7.18. The second-order valence-corrected chi connectivity index (χ2v) is 6.43. The van der Waals surface area contributed by atoms with Gasteiger partial charge >= 0.3 is 0 Å². The topological polar surface area (TPSA) is 51.8 Å². The maximum Gasteiger partial charge on any atom is 0.136 e. The number of benzene rings is 1. The molecule has 2 heterocycles. The van der Waals surface area contributed by atoms with Crippen LogP contribution in [0.3, 0.4) is 0 Å². The summed E-state index contributed by atoms with van der Waals surface area (Å²) >= 11 is 1.67. The average Bonchev–Trinajstić information content (AvgIpc) is 2.75. The molecule has 1 aromatic carbocycles. The van der Waals surface area contributed by atoms with E-state index in [1.807, 2.05) is 0 Å². The van der Waals surface area contributed by atoms with Gasteiger partial charge in [0, 0.05) is 11.3 Å². The Bertz CT molecular complexity index is 790. The summed E-state index contributed by atoms with van der Waals surface area (Å²) in [7, 11) is 0. The van der Waals surface area contributed by atoms with Gasteiger partial charge in [0.15, 0.2) is 0 Å². The number of anilines is 1. The van der Waals surface area contributed by atoms with Crippen LogP contribution in [0.1, 0.15) is 27.4 Å². The number of thiophene rings is 1. The molecule has 0 aliphatic heterocycles. The number of nitrogens with zero attached hydrogens (tertiary/aromatic N) is 2. The SMILES string of the molecule is Cc1cc2c(N)nc(Cc3ccc(C)c(C)c3)nc2s1. The molecular weight excluding hydrogens is 266 g/mol. The molecule has 2 N–H and O–H groups in total. The number of nitrogen functional groups attached to an aromatic ring is 1. The van der Waals surface area contributed by atoms with Gasteiger partial charge in [-0.25, -0.2) is 9.97 Å². The monoisotopic (exact) mass is 283 g/mol. The van der Waals surface area contributed by atoms with Gasteiger partial charge in [0.1, 0.15) is 16.5 Å². The Hall–Kier alpha value is -1.94. The number of aromatic nitrogens is 2. The predicted molar refractivity (Wildman–Crippen MR) is 85.3 cm³/mol. The molecule has 0 unspecified atom stereocenters. The summed E-state index contributed by atoms with van der Waals surface area (Å²) < 4.78 is 0. The highest BCUT2D eigenvalue weighted by Crippen LogP contribution is 2.27. The van der Waals surface area contributed by atoms with Crippen molar-refractivity contribution in [3.8, 4) is 0 Å². The second kappa shape index (κ2) is 4.87. The van der Waals surface area contributed by atoms with Crippen molar-refractivity contribution < 1.29 is 0 Å². The van der Waals surface area contributed by atoms with Crippen molar-refractivity contribution in [3.63, 3.8) is 0 Å². The third-order valence-corrected chi connectivity index (χ3v) is 4.47. The standard InChI is InChI=1S/C16H17N3S/c1-9-4-5-12(6-10(9)2)8-14-18-15(17)13-7-11(3)20-16(13)19-14/h4-7H,8H2,1-3H3,(H2,17,18,19). The fourth-order valence-electron chi connectivity index (χ4n) is 2.29. The van der Waals surface area contributed by atoms with Crippen molar-refractivity contribution in [2.24, 2.45) is 0 Å². The van der Waals surface area contributed by atoms with Crippen molar-refractivity contribution in [3.05, 3.63) is 51.7 Å². The molecule has 2 aromatic heterocycles. The first-order valence-electron chi connectivity index (χ1n) is 6.61. The van der Waals surface area contributed by atoms with E-state index in [4.69, 9.17) is 5.73 Å². The Morgan fingerprint density at radius 1 is 1.05 bits per heavy atom. The zero-order chi connectivity index (χ0) is 14.3. The largest absolute Gasteiger partial charge is 0.383 e. The van der Waals surface area contributed by atoms with E-state index in [0.717, 1.165) is 22.5 Å². The lowest BCUT2D eigenvalue weighted by Gasteiger charge is -2.05. The molecule has 0 aliphatic rings. The summed E-state index contributed by atoms with van der Waals surface area (Å²) in [5.41, 5.74) is 9.86. The van der Waals surface area contributed by atoms with Gasteiger partial charge in [-0.05, 0) is 43.5 Å². The Balaban J connectivity index is 1.99. The minimum atomic E-state index is 0.582. The fraction of sp³-hybridized carbons (Fsp3) is 0.250. The van der Waals surface area contributed by atoms with Crippen LogP contribution < -0.4 is 5.73 Å². The smallest absolute Gasteiger partial charge is 0.136 e. The molecular formula is C16H17N3S. The minimum absolute atomic E-state index is 0.582. The van der Waals surface area contributed by atoms with E-state index in [-0.39, 0.29) is 0 Å². The van der Waals surface area contributed by atoms with E-state index in [0.29, 0.717) is 5.82 Å². The maximum atomic E-state index is 6.03. The van der Waals surface area contributed by atoms with Crippen LogP contribution in [0.4, 0.5) is 5.82 Å². The van der Waals surface area contributed by atoms with Crippen molar-refractivity contribution in [2.75, 3.05) is 5.73 Å². The minimum Gasteiger partial charge on any atom is -0.383 e. The Morgan fingerprint density at radius 2 is 1.85 bits per heavy atom. The Labute approximate surface area is 122 Å². The summed E-state index contributed by atoms with van der Waals surface area (Å²) in [6.45, 7) is 6.31. The van der Waals surface area contributed by atoms with E-state index in [1.54, 1.807) is 11.3 Å². The molecule has 20 heavy (non-hydrogen) atoms. The van der Waals surface area contributed by atoms with E-state index in [2.05, 4.69) is 55.0 Å². The molecule has 0 fully saturated rings. The summed E-state index contributed by atoms with van der Waals surface area (Å²) in [5.74, 6) is 1.37. The van der Waals surface area contributed by atoms with Crippen LogP contribution in [-0.4, -0.2) is 9.97 Å². The molecule has 0 amide bonds. The van der Waals surface area contributed by atoms with Crippen molar-refractivity contribution in [1.82, 2.24) is 9.97 Å². The van der Waals surface area contributed by atoms with E-state index < -0.39 is 0 Å². The van der Waals surface area contributed by atoms with Gasteiger partial charge in [-0.3, -0.25) is 0 Å². The molecule has 0 spiro atoms. The fourth-order valence-corrected chi connectivity index (χ4v) is 3.19. The molecule has 0 atom stereocenters. The van der Waals surface area contributed by atoms with Crippen LogP contribution in [-0.2, 0) is 6.42 Å². The maximum absolute atomic E-state index is 6.03. The number of hydrogen-bond acceptors (Lipinski definition) is 4. The van der Waals surface area contributed by atoms with E-state index >= 15 is 0 Å². The average molecular weight is 283 g/mol. The number of aryl methyl sites for hydroxylation is 3. The summed E-state index contributed by atoms with van der Waals surface area (Å²) in [4.78, 5) is 11.3. The van der Waals surface area contributed by atoms with Crippen LogP contribution in [0, 0.1) is 20.8 Å². The van der Waals surface area contributed by atoms with Gasteiger partial charge < -0.3 is 5.73 Å². The van der Waals surface area contributed by atoms with Crippen molar-refractivity contribution in [1.29, 1.82) is 0 Å². The number of hydrogen-bond donors (Lipinski definition) is 1. The second-order valence-electron chi connectivity index (χ2n) is 5.20. The molecule has 0 saturated carbocycles. The van der Waals surface area contributed by atoms with Crippen LogP contribution in [0.15, 0.2) is 24.3 Å². The molecule has 0 bridgehead atoms. The van der Waals surface area contributed by atoms with Gasteiger partial charge in [0.2, 0.25) is 0 Å². The molecule has 102 valence electrons. The molecule has 0 saturated heterocycles. The van der Waals surface area contributed by atoms with E-state index in [1.165, 1.54) is 21.6 Å². The Morgan fingerprint density at radius 3 is 2.60 bits per heavy atom. The van der Waals surface area contributed by atoms with Crippen molar-refractivity contribution >= 4 is 27.4 Å². The lowest BCUT2D eigenvalue weighted by Crippen LogP contribution is -2.01. The third kappa shape index (κ3) is 2.39. The normalized spacial score (nSPS) is 11.2. The van der Waals surface area contributed by atoms with Gasteiger partial charge in [-0.1, -0.05) is 18.2 Å². The zero-order valence-electron chi connectivity index (χ0n) is 11.9. The van der Waals surface area contributed by atoms with Gasteiger partial charge in [-0.2, -0.15) is 0 Å². The molecule has 3 nitrogen and oxygen atoms in total. The predicted octanol–water partition coefficient (Wildman–Crippen LogP) is 3.79. The number of fused-ring (bicyclic) bond motifs is 1. The van der Waals surface area contributed by atoms with Crippen LogP contribution in [0.5, 0.6) is 0 Å². The summed E-state index contributed by atoms with van der Waals surface area (Å²) in [6.07, 6.45) is 0.720. The lowest BCUT2D eigenvalue weighted by atomic mass is 10.0. The molecule has 3 aromatic rings. The van der Waals surface area contributed by atoms with Gasteiger partial charge in [0.05, 0.1) is 5.39 Å².